The molecule has 0 spiro atoms. The fourth-order valence-corrected chi connectivity index (χ4v) is 1.70. The summed E-state index contributed by atoms with van der Waals surface area (Å²) in [5.74, 6) is 1.37. The number of rotatable bonds is 3. The molecule has 1 N–H and O–H groups in total. The molecule has 1 amide bonds. The van der Waals surface area contributed by atoms with E-state index in [0.29, 0.717) is 18.4 Å². The van der Waals surface area contributed by atoms with Crippen LogP contribution < -0.4 is 5.32 Å². The van der Waals surface area contributed by atoms with E-state index >= 15 is 0 Å². The van der Waals surface area contributed by atoms with Crippen LogP contribution in [0.4, 0.5) is 0 Å². The van der Waals surface area contributed by atoms with E-state index in [0.717, 1.165) is 13.0 Å². The third-order valence-electron chi connectivity index (χ3n) is 2.88. The molecule has 2 fully saturated rings. The minimum Gasteiger partial charge on any atom is -0.379 e. The summed E-state index contributed by atoms with van der Waals surface area (Å²) >= 11 is 0. The molecule has 1 aliphatic carbocycles. The summed E-state index contributed by atoms with van der Waals surface area (Å²) < 4.78 is 5.28. The average Bonchev–Trinajstić information content (AvgIpc) is 2.79. The van der Waals surface area contributed by atoms with Crippen molar-refractivity contribution in [2.24, 2.45) is 11.8 Å². The fraction of sp³-hybridized carbons (Fsp3) is 0.900. The molecule has 1 heterocycles. The molecule has 1 aliphatic heterocycles. The minimum atomic E-state index is 0.213. The summed E-state index contributed by atoms with van der Waals surface area (Å²) in [5.41, 5.74) is 0. The number of hydrogen-bond donors (Lipinski definition) is 1. The first kappa shape index (κ1) is 9.00. The number of amides is 1. The Bertz CT molecular complexity index is 201. The van der Waals surface area contributed by atoms with Gasteiger partial charge in [-0.25, -0.2) is 0 Å². The quantitative estimate of drug-likeness (QED) is 0.707. The van der Waals surface area contributed by atoms with E-state index in [1.54, 1.807) is 0 Å². The number of nitrogens with one attached hydrogen (secondary N) is 1. The van der Waals surface area contributed by atoms with Crippen LogP contribution >= 0.6 is 0 Å². The van der Waals surface area contributed by atoms with E-state index in [1.165, 1.54) is 12.8 Å². The second-order valence-electron chi connectivity index (χ2n) is 4.34. The van der Waals surface area contributed by atoms with Crippen LogP contribution in [0.3, 0.4) is 0 Å². The monoisotopic (exact) mass is 183 g/mol. The Morgan fingerprint density at radius 2 is 2.23 bits per heavy atom. The van der Waals surface area contributed by atoms with Crippen molar-refractivity contribution in [3.8, 4) is 0 Å². The largest absolute Gasteiger partial charge is 0.379 e. The molecule has 2 rings (SSSR count). The first-order chi connectivity index (χ1) is 6.25. The van der Waals surface area contributed by atoms with E-state index in [2.05, 4.69) is 12.2 Å². The normalized spacial score (nSPS) is 33.3. The summed E-state index contributed by atoms with van der Waals surface area (Å²) in [5, 5.41) is 3.04. The zero-order chi connectivity index (χ0) is 9.26. The predicted octanol–water partition coefficient (Wildman–Crippen LogP) is 0.938. The van der Waals surface area contributed by atoms with Gasteiger partial charge in [0.05, 0.1) is 19.3 Å². The fourth-order valence-electron chi connectivity index (χ4n) is 1.70. The SMILES string of the molecule is CC1COCC1NC(=O)CC1CC1. The maximum absolute atomic E-state index is 11.4. The van der Waals surface area contributed by atoms with Gasteiger partial charge in [-0.2, -0.15) is 0 Å². The maximum Gasteiger partial charge on any atom is 0.220 e. The van der Waals surface area contributed by atoms with Crippen molar-refractivity contribution in [3.05, 3.63) is 0 Å². The zero-order valence-corrected chi connectivity index (χ0v) is 8.08. The molecule has 0 radical (unpaired) electrons. The van der Waals surface area contributed by atoms with E-state index in [1.807, 2.05) is 0 Å². The van der Waals surface area contributed by atoms with Gasteiger partial charge in [0.15, 0.2) is 0 Å². The second kappa shape index (κ2) is 3.66. The van der Waals surface area contributed by atoms with Gasteiger partial charge in [0.1, 0.15) is 0 Å². The number of carbonyl (C=O) groups is 1. The van der Waals surface area contributed by atoms with Crippen molar-refractivity contribution in [3.63, 3.8) is 0 Å². The first-order valence-electron chi connectivity index (χ1n) is 5.13. The summed E-state index contributed by atoms with van der Waals surface area (Å²) in [4.78, 5) is 11.4. The Balaban J connectivity index is 1.72. The third-order valence-corrected chi connectivity index (χ3v) is 2.88. The molecule has 3 heteroatoms. The molecule has 2 aliphatic rings. The molecule has 13 heavy (non-hydrogen) atoms. The summed E-state index contributed by atoms with van der Waals surface area (Å²) in [7, 11) is 0. The van der Waals surface area contributed by atoms with Gasteiger partial charge in [-0.15, -0.1) is 0 Å². The number of hydrogen-bond acceptors (Lipinski definition) is 2. The molecule has 0 aromatic carbocycles. The van der Waals surface area contributed by atoms with E-state index in [9.17, 15) is 4.79 Å². The lowest BCUT2D eigenvalue weighted by Crippen LogP contribution is -2.39. The highest BCUT2D eigenvalue weighted by atomic mass is 16.5. The highest BCUT2D eigenvalue weighted by Gasteiger charge is 2.29. The third kappa shape index (κ3) is 2.44. The topological polar surface area (TPSA) is 38.3 Å². The van der Waals surface area contributed by atoms with Gasteiger partial charge in [-0.05, 0) is 18.8 Å². The number of ether oxygens (including phenoxy) is 1. The molecular weight excluding hydrogens is 166 g/mol. The van der Waals surface area contributed by atoms with Crippen LogP contribution in [0.25, 0.3) is 0 Å². The van der Waals surface area contributed by atoms with E-state index in [4.69, 9.17) is 4.74 Å². The zero-order valence-electron chi connectivity index (χ0n) is 8.08. The summed E-state index contributed by atoms with van der Waals surface area (Å²) in [6.45, 7) is 3.60. The van der Waals surface area contributed by atoms with Crippen LogP contribution in [0.15, 0.2) is 0 Å². The minimum absolute atomic E-state index is 0.213. The summed E-state index contributed by atoms with van der Waals surface area (Å²) in [6, 6.07) is 0.256. The molecule has 0 aromatic rings. The van der Waals surface area contributed by atoms with Gasteiger partial charge in [-0.3, -0.25) is 4.79 Å². The molecule has 0 aromatic heterocycles. The van der Waals surface area contributed by atoms with Crippen molar-refractivity contribution in [1.29, 1.82) is 0 Å². The van der Waals surface area contributed by atoms with Crippen LogP contribution in [-0.4, -0.2) is 25.2 Å². The van der Waals surface area contributed by atoms with Crippen LogP contribution in [0.1, 0.15) is 26.2 Å². The predicted molar refractivity (Wildman–Crippen MR) is 49.3 cm³/mol. The average molecular weight is 183 g/mol. The van der Waals surface area contributed by atoms with Crippen molar-refractivity contribution in [1.82, 2.24) is 5.32 Å². The molecule has 74 valence electrons. The maximum atomic E-state index is 11.4. The Morgan fingerprint density at radius 1 is 1.46 bits per heavy atom. The van der Waals surface area contributed by atoms with Crippen LogP contribution in [0.2, 0.25) is 0 Å². The van der Waals surface area contributed by atoms with Gasteiger partial charge >= 0.3 is 0 Å². The Morgan fingerprint density at radius 3 is 2.77 bits per heavy atom. The smallest absolute Gasteiger partial charge is 0.220 e. The lowest BCUT2D eigenvalue weighted by molar-refractivity contribution is -0.122. The highest BCUT2D eigenvalue weighted by molar-refractivity contribution is 5.76. The molecule has 3 nitrogen and oxygen atoms in total. The molecule has 1 saturated heterocycles. The first-order valence-corrected chi connectivity index (χ1v) is 5.13. The highest BCUT2D eigenvalue weighted by Crippen LogP contribution is 2.32. The lowest BCUT2D eigenvalue weighted by Gasteiger charge is -2.14. The second-order valence-corrected chi connectivity index (χ2v) is 4.34. The van der Waals surface area contributed by atoms with Gasteiger partial charge < -0.3 is 10.1 Å². The molecule has 1 saturated carbocycles. The molecule has 2 atom stereocenters. The Labute approximate surface area is 78.8 Å². The van der Waals surface area contributed by atoms with E-state index < -0.39 is 0 Å². The Hall–Kier alpha value is -0.570. The van der Waals surface area contributed by atoms with Crippen LogP contribution in [-0.2, 0) is 9.53 Å². The van der Waals surface area contributed by atoms with Crippen molar-refractivity contribution in [2.45, 2.75) is 32.2 Å². The van der Waals surface area contributed by atoms with Crippen LogP contribution in [0.5, 0.6) is 0 Å². The van der Waals surface area contributed by atoms with Crippen molar-refractivity contribution < 1.29 is 9.53 Å². The van der Waals surface area contributed by atoms with Gasteiger partial charge in [0, 0.05) is 12.3 Å². The Kier molecular flexibility index (Phi) is 2.54. The van der Waals surface area contributed by atoms with Crippen LogP contribution in [0, 0.1) is 11.8 Å². The van der Waals surface area contributed by atoms with Gasteiger partial charge in [-0.1, -0.05) is 6.92 Å². The molecule has 0 bridgehead atoms. The number of carbonyl (C=O) groups excluding carboxylic acids is 1. The summed E-state index contributed by atoms with van der Waals surface area (Å²) in [6.07, 6.45) is 3.21. The lowest BCUT2D eigenvalue weighted by atomic mass is 10.1. The van der Waals surface area contributed by atoms with Crippen molar-refractivity contribution >= 4 is 5.91 Å². The van der Waals surface area contributed by atoms with Gasteiger partial charge in [0.2, 0.25) is 5.91 Å². The van der Waals surface area contributed by atoms with Gasteiger partial charge in [0.25, 0.3) is 0 Å². The molecule has 2 unspecified atom stereocenters. The molecular formula is C10H17NO2. The van der Waals surface area contributed by atoms with E-state index in [-0.39, 0.29) is 11.9 Å². The van der Waals surface area contributed by atoms with Crippen molar-refractivity contribution in [2.75, 3.05) is 13.2 Å². The standard InChI is InChI=1S/C10H17NO2/c1-7-5-13-6-9(7)11-10(12)4-8-2-3-8/h7-9H,2-6H2,1H3,(H,11,12).